The number of thioether (sulfide) groups is 2. The fourth-order valence-corrected chi connectivity index (χ4v) is 3.83. The first-order valence-electron chi connectivity index (χ1n) is 6.55. The summed E-state index contributed by atoms with van der Waals surface area (Å²) in [6.45, 7) is 0. The summed E-state index contributed by atoms with van der Waals surface area (Å²) in [6.07, 6.45) is 6.98. The number of pyridine rings is 1. The highest BCUT2D eigenvalue weighted by Gasteiger charge is 2.01. The van der Waals surface area contributed by atoms with Crippen molar-refractivity contribution in [2.45, 2.75) is 43.6 Å². The Bertz CT molecular complexity index is 301. The lowest BCUT2D eigenvalue weighted by Crippen LogP contribution is -1.95. The van der Waals surface area contributed by atoms with E-state index in [1.165, 1.54) is 55.0 Å². The van der Waals surface area contributed by atoms with E-state index < -0.39 is 0 Å². The molecular formula is C14H21NS2. The Balaban J connectivity index is 1.91. The molecule has 94 valence electrons. The van der Waals surface area contributed by atoms with E-state index in [-0.39, 0.29) is 0 Å². The van der Waals surface area contributed by atoms with Gasteiger partial charge in [0.25, 0.3) is 0 Å². The van der Waals surface area contributed by atoms with Crippen LogP contribution in [0.3, 0.4) is 0 Å². The largest absolute Gasteiger partial charge is 0.256 e. The van der Waals surface area contributed by atoms with E-state index in [1.807, 2.05) is 23.5 Å². The van der Waals surface area contributed by atoms with Crippen molar-refractivity contribution in [2.75, 3.05) is 11.5 Å². The van der Waals surface area contributed by atoms with Crippen LogP contribution in [0, 0.1) is 0 Å². The van der Waals surface area contributed by atoms with E-state index in [0.29, 0.717) is 0 Å². The molecule has 2 rings (SSSR count). The second-order valence-corrected chi connectivity index (χ2v) is 6.70. The van der Waals surface area contributed by atoms with E-state index in [0.717, 1.165) is 11.5 Å². The van der Waals surface area contributed by atoms with Crippen LogP contribution in [0.15, 0.2) is 18.2 Å². The van der Waals surface area contributed by atoms with E-state index in [9.17, 15) is 0 Å². The molecule has 17 heavy (non-hydrogen) atoms. The molecule has 0 unspecified atom stereocenters. The number of rotatable bonds is 0. The van der Waals surface area contributed by atoms with Gasteiger partial charge in [-0.05, 0) is 36.5 Å². The molecule has 3 heteroatoms. The molecule has 0 N–H and O–H groups in total. The van der Waals surface area contributed by atoms with Crippen LogP contribution < -0.4 is 0 Å². The maximum absolute atomic E-state index is 4.72. The smallest absolute Gasteiger partial charge is 0.0506 e. The molecule has 0 aliphatic carbocycles. The summed E-state index contributed by atoms with van der Waals surface area (Å²) >= 11 is 4.06. The second-order valence-electron chi connectivity index (χ2n) is 4.49. The van der Waals surface area contributed by atoms with Crippen LogP contribution in [0.5, 0.6) is 0 Å². The maximum atomic E-state index is 4.72. The third-order valence-electron chi connectivity index (χ3n) is 2.94. The molecule has 0 amide bonds. The van der Waals surface area contributed by atoms with Crippen molar-refractivity contribution in [1.29, 1.82) is 0 Å². The first kappa shape index (κ1) is 13.3. The van der Waals surface area contributed by atoms with Gasteiger partial charge < -0.3 is 0 Å². The maximum Gasteiger partial charge on any atom is 0.0506 e. The van der Waals surface area contributed by atoms with Gasteiger partial charge in [-0.3, -0.25) is 4.98 Å². The van der Waals surface area contributed by atoms with Crippen LogP contribution in [0.25, 0.3) is 0 Å². The Kier molecular flexibility index (Phi) is 6.28. The Hall–Kier alpha value is -0.150. The average Bonchev–Trinajstić information content (AvgIpc) is 2.36. The molecule has 1 aliphatic rings. The number of hydrogen-bond acceptors (Lipinski definition) is 3. The molecule has 0 fully saturated rings. The highest BCUT2D eigenvalue weighted by atomic mass is 32.2. The van der Waals surface area contributed by atoms with Crippen molar-refractivity contribution in [3.8, 4) is 0 Å². The van der Waals surface area contributed by atoms with Crippen molar-refractivity contribution >= 4 is 23.5 Å². The van der Waals surface area contributed by atoms with Gasteiger partial charge in [-0.15, -0.1) is 0 Å². The molecule has 0 radical (unpaired) electrons. The topological polar surface area (TPSA) is 12.9 Å². The fraction of sp³-hybridized carbons (Fsp3) is 0.643. The lowest BCUT2D eigenvalue weighted by Gasteiger charge is -2.07. The predicted molar refractivity (Wildman–Crippen MR) is 79.6 cm³/mol. The van der Waals surface area contributed by atoms with Crippen LogP contribution >= 0.6 is 23.5 Å². The second kappa shape index (κ2) is 8.04. The molecule has 2 bridgehead atoms. The standard InChI is InChI=1S/C14H21NS2/c1-2-4-9-16-11-13-7-6-8-14(15-13)12-17-10-5-3-1/h6-8H,1-5,9-12H2. The van der Waals surface area contributed by atoms with Gasteiger partial charge in [0.15, 0.2) is 0 Å². The van der Waals surface area contributed by atoms with Crippen molar-refractivity contribution in [1.82, 2.24) is 4.98 Å². The molecule has 0 saturated carbocycles. The number of aromatic nitrogens is 1. The highest BCUT2D eigenvalue weighted by Crippen LogP contribution is 2.18. The van der Waals surface area contributed by atoms with E-state index in [4.69, 9.17) is 4.98 Å². The van der Waals surface area contributed by atoms with Gasteiger partial charge in [-0.1, -0.05) is 25.3 Å². The number of nitrogens with zero attached hydrogens (tertiary/aromatic N) is 1. The summed E-state index contributed by atoms with van der Waals surface area (Å²) < 4.78 is 0. The summed E-state index contributed by atoms with van der Waals surface area (Å²) in [4.78, 5) is 4.72. The van der Waals surface area contributed by atoms with Crippen molar-refractivity contribution in [3.05, 3.63) is 29.6 Å². The summed E-state index contributed by atoms with van der Waals surface area (Å²) in [6, 6.07) is 6.48. The normalized spacial score (nSPS) is 19.5. The molecular weight excluding hydrogens is 246 g/mol. The molecule has 0 atom stereocenters. The van der Waals surface area contributed by atoms with Gasteiger partial charge >= 0.3 is 0 Å². The minimum absolute atomic E-state index is 1.08. The van der Waals surface area contributed by atoms with Crippen molar-refractivity contribution < 1.29 is 0 Å². The van der Waals surface area contributed by atoms with Gasteiger partial charge in [0, 0.05) is 11.5 Å². The molecule has 0 saturated heterocycles. The van der Waals surface area contributed by atoms with E-state index in [2.05, 4.69) is 18.2 Å². The molecule has 0 aromatic carbocycles. The van der Waals surface area contributed by atoms with Crippen LogP contribution in [0.2, 0.25) is 0 Å². The predicted octanol–water partition coefficient (Wildman–Crippen LogP) is 4.51. The number of fused-ring (bicyclic) bond motifs is 2. The third kappa shape index (κ3) is 5.35. The monoisotopic (exact) mass is 267 g/mol. The van der Waals surface area contributed by atoms with Gasteiger partial charge in [0.05, 0.1) is 11.4 Å². The third-order valence-corrected chi connectivity index (χ3v) is 5.10. The fourth-order valence-electron chi connectivity index (χ4n) is 1.98. The van der Waals surface area contributed by atoms with Gasteiger partial charge in [-0.25, -0.2) is 0 Å². The van der Waals surface area contributed by atoms with Crippen LogP contribution in [0.1, 0.15) is 43.5 Å². The Morgan fingerprint density at radius 3 is 1.88 bits per heavy atom. The van der Waals surface area contributed by atoms with Crippen molar-refractivity contribution in [2.24, 2.45) is 0 Å². The zero-order chi connectivity index (χ0) is 11.8. The van der Waals surface area contributed by atoms with Crippen molar-refractivity contribution in [3.63, 3.8) is 0 Å². The molecule has 1 aromatic rings. The minimum Gasteiger partial charge on any atom is -0.256 e. The average molecular weight is 267 g/mol. The molecule has 0 spiro atoms. The van der Waals surface area contributed by atoms with Crippen LogP contribution in [0.4, 0.5) is 0 Å². The molecule has 1 aromatic heterocycles. The lowest BCUT2D eigenvalue weighted by molar-refractivity contribution is 0.662. The van der Waals surface area contributed by atoms with Crippen LogP contribution in [-0.2, 0) is 11.5 Å². The summed E-state index contributed by atoms with van der Waals surface area (Å²) in [5, 5.41) is 0. The zero-order valence-corrected chi connectivity index (χ0v) is 12.0. The first-order valence-corrected chi connectivity index (χ1v) is 8.86. The van der Waals surface area contributed by atoms with E-state index in [1.54, 1.807) is 0 Å². The summed E-state index contributed by atoms with van der Waals surface area (Å²) in [7, 11) is 0. The summed E-state index contributed by atoms with van der Waals surface area (Å²) in [5.74, 6) is 4.75. The van der Waals surface area contributed by atoms with Gasteiger partial charge in [0.1, 0.15) is 0 Å². The molecule has 1 aliphatic heterocycles. The lowest BCUT2D eigenvalue weighted by atomic mass is 10.2. The van der Waals surface area contributed by atoms with Crippen LogP contribution in [-0.4, -0.2) is 16.5 Å². The molecule has 2 heterocycles. The minimum atomic E-state index is 1.08. The zero-order valence-electron chi connectivity index (χ0n) is 10.4. The molecule has 1 nitrogen and oxygen atoms in total. The van der Waals surface area contributed by atoms with Gasteiger partial charge in [-0.2, -0.15) is 23.5 Å². The summed E-state index contributed by atoms with van der Waals surface area (Å²) in [5.41, 5.74) is 2.51. The Morgan fingerprint density at radius 1 is 0.765 bits per heavy atom. The quantitative estimate of drug-likeness (QED) is 0.686. The first-order chi connectivity index (χ1) is 8.45. The van der Waals surface area contributed by atoms with Gasteiger partial charge in [0.2, 0.25) is 0 Å². The number of hydrogen-bond donors (Lipinski definition) is 0. The Morgan fingerprint density at radius 2 is 1.29 bits per heavy atom. The van der Waals surface area contributed by atoms with E-state index >= 15 is 0 Å². The Labute approximate surface area is 113 Å². The SMILES string of the molecule is c1cc2nc(c1)CSCCCCCCCSC2. The highest BCUT2D eigenvalue weighted by molar-refractivity contribution is 7.98.